The van der Waals surface area contributed by atoms with Gasteiger partial charge in [-0.1, -0.05) is 6.07 Å². The minimum atomic E-state index is -3.24. The molecule has 0 saturated carbocycles. The first-order chi connectivity index (χ1) is 11.5. The van der Waals surface area contributed by atoms with Gasteiger partial charge >= 0.3 is 0 Å². The number of amides is 1. The molecule has 1 saturated heterocycles. The van der Waals surface area contributed by atoms with E-state index in [1.807, 2.05) is 18.2 Å². The summed E-state index contributed by atoms with van der Waals surface area (Å²) in [6.07, 6.45) is 1.42. The Morgan fingerprint density at radius 2 is 2.12 bits per heavy atom. The molecular weight excluding hydrogens is 332 g/mol. The number of piperidine rings is 1. The molecule has 0 aliphatic carbocycles. The van der Waals surface area contributed by atoms with E-state index in [1.54, 1.807) is 6.92 Å². The van der Waals surface area contributed by atoms with Crippen LogP contribution in [0.3, 0.4) is 0 Å². The molecule has 3 rings (SSSR count). The van der Waals surface area contributed by atoms with Gasteiger partial charge in [0.15, 0.2) is 11.5 Å². The van der Waals surface area contributed by atoms with E-state index in [9.17, 15) is 13.2 Å². The highest BCUT2D eigenvalue weighted by Crippen LogP contribution is 2.32. The smallest absolute Gasteiger partial charge is 0.231 e. The van der Waals surface area contributed by atoms with Gasteiger partial charge in [-0.05, 0) is 37.5 Å². The molecule has 1 atom stereocenters. The number of fused-ring (bicyclic) bond motifs is 1. The molecule has 1 amide bonds. The average Bonchev–Trinajstić information content (AvgIpc) is 3.07. The molecule has 0 aromatic heterocycles. The van der Waals surface area contributed by atoms with Crippen molar-refractivity contribution in [1.82, 2.24) is 9.62 Å². The van der Waals surface area contributed by atoms with Crippen molar-refractivity contribution in [2.75, 3.05) is 25.6 Å². The second-order valence-corrected chi connectivity index (χ2v) is 8.26. The first-order valence-corrected chi connectivity index (χ1v) is 9.74. The Bertz CT molecular complexity index is 719. The Labute approximate surface area is 142 Å². The first-order valence-electron chi connectivity index (χ1n) is 8.13. The number of benzene rings is 1. The number of hydrogen-bond donors (Lipinski definition) is 1. The summed E-state index contributed by atoms with van der Waals surface area (Å²) < 4.78 is 36.0. The van der Waals surface area contributed by atoms with Gasteiger partial charge in [0, 0.05) is 19.6 Å². The van der Waals surface area contributed by atoms with E-state index in [0.717, 1.165) is 5.56 Å². The van der Waals surface area contributed by atoms with Crippen LogP contribution < -0.4 is 14.8 Å². The van der Waals surface area contributed by atoms with Gasteiger partial charge in [0.2, 0.25) is 22.7 Å². The molecule has 1 aromatic rings. The van der Waals surface area contributed by atoms with Gasteiger partial charge in [-0.2, -0.15) is 0 Å². The van der Waals surface area contributed by atoms with Crippen LogP contribution in [0.5, 0.6) is 11.5 Å². The normalized spacial score (nSPS) is 20.8. The number of carbonyl (C=O) groups is 1. The highest BCUT2D eigenvalue weighted by molar-refractivity contribution is 7.89. The molecule has 1 aromatic carbocycles. The summed E-state index contributed by atoms with van der Waals surface area (Å²) in [5.41, 5.74) is 0.918. The van der Waals surface area contributed by atoms with Gasteiger partial charge < -0.3 is 14.8 Å². The third-order valence-electron chi connectivity index (χ3n) is 4.42. The van der Waals surface area contributed by atoms with Crippen LogP contribution in [0.15, 0.2) is 18.2 Å². The predicted octanol–water partition coefficient (Wildman–Crippen LogP) is 1.09. The van der Waals surface area contributed by atoms with Crippen LogP contribution in [0.25, 0.3) is 0 Å². The lowest BCUT2D eigenvalue weighted by atomic mass is 9.98. The summed E-state index contributed by atoms with van der Waals surface area (Å²) in [4.78, 5) is 12.4. The second-order valence-electron chi connectivity index (χ2n) is 6.00. The standard InChI is InChI=1S/C16H22N2O5S/c1-2-24(20,21)18-7-3-4-13(10-18)16(19)17-9-12-5-6-14-15(8-12)23-11-22-14/h5-6,8,13H,2-4,7,9-11H2,1H3,(H,17,19)/t13-/m1/s1. The fourth-order valence-corrected chi connectivity index (χ4v) is 4.16. The Morgan fingerprint density at radius 3 is 2.92 bits per heavy atom. The summed E-state index contributed by atoms with van der Waals surface area (Å²) in [6.45, 7) is 2.99. The number of sulfonamides is 1. The molecule has 8 heteroatoms. The van der Waals surface area contributed by atoms with Crippen molar-refractivity contribution < 1.29 is 22.7 Å². The fraction of sp³-hybridized carbons (Fsp3) is 0.562. The van der Waals surface area contributed by atoms with E-state index in [2.05, 4.69) is 5.32 Å². The van der Waals surface area contributed by atoms with E-state index in [1.165, 1.54) is 4.31 Å². The Morgan fingerprint density at radius 1 is 1.33 bits per heavy atom. The average molecular weight is 354 g/mol. The first kappa shape index (κ1) is 17.0. The maximum Gasteiger partial charge on any atom is 0.231 e. The molecule has 1 fully saturated rings. The van der Waals surface area contributed by atoms with E-state index >= 15 is 0 Å². The van der Waals surface area contributed by atoms with E-state index in [0.29, 0.717) is 37.4 Å². The van der Waals surface area contributed by atoms with Gasteiger partial charge in [-0.25, -0.2) is 12.7 Å². The fourth-order valence-electron chi connectivity index (χ4n) is 2.98. The maximum absolute atomic E-state index is 12.4. The predicted molar refractivity (Wildman–Crippen MR) is 88.2 cm³/mol. The molecule has 24 heavy (non-hydrogen) atoms. The zero-order valence-electron chi connectivity index (χ0n) is 13.7. The topological polar surface area (TPSA) is 84.9 Å². The van der Waals surface area contributed by atoms with Crippen LogP contribution in [0.2, 0.25) is 0 Å². The molecule has 132 valence electrons. The van der Waals surface area contributed by atoms with Gasteiger partial charge in [0.25, 0.3) is 0 Å². The number of carbonyl (C=O) groups excluding carboxylic acids is 1. The second kappa shape index (κ2) is 6.98. The van der Waals surface area contributed by atoms with Crippen LogP contribution in [0.4, 0.5) is 0 Å². The van der Waals surface area contributed by atoms with Crippen molar-refractivity contribution >= 4 is 15.9 Å². The van der Waals surface area contributed by atoms with Crippen LogP contribution in [-0.4, -0.2) is 44.3 Å². The lowest BCUT2D eigenvalue weighted by molar-refractivity contribution is -0.126. The van der Waals surface area contributed by atoms with E-state index < -0.39 is 10.0 Å². The number of hydrogen-bond acceptors (Lipinski definition) is 5. The summed E-state index contributed by atoms with van der Waals surface area (Å²) in [5.74, 6) is 1.05. The molecule has 7 nitrogen and oxygen atoms in total. The SMILES string of the molecule is CCS(=O)(=O)N1CCC[C@@H](C(=O)NCc2ccc3c(c2)OCO3)C1. The Hall–Kier alpha value is -1.80. The van der Waals surface area contributed by atoms with Crippen molar-refractivity contribution in [2.45, 2.75) is 26.3 Å². The van der Waals surface area contributed by atoms with Gasteiger partial charge in [0.1, 0.15) is 0 Å². The Kier molecular flexibility index (Phi) is 4.96. The summed E-state index contributed by atoms with van der Waals surface area (Å²) in [6, 6.07) is 5.54. The molecular formula is C16H22N2O5S. The summed E-state index contributed by atoms with van der Waals surface area (Å²) in [7, 11) is -3.24. The van der Waals surface area contributed by atoms with Gasteiger partial charge in [-0.15, -0.1) is 0 Å². The minimum absolute atomic E-state index is 0.0680. The van der Waals surface area contributed by atoms with Crippen molar-refractivity contribution in [3.8, 4) is 11.5 Å². The largest absolute Gasteiger partial charge is 0.454 e. The van der Waals surface area contributed by atoms with Crippen molar-refractivity contribution in [3.63, 3.8) is 0 Å². The summed E-state index contributed by atoms with van der Waals surface area (Å²) >= 11 is 0. The molecule has 2 aliphatic heterocycles. The molecule has 2 heterocycles. The van der Waals surface area contributed by atoms with Crippen LogP contribution in [0, 0.1) is 5.92 Å². The lowest BCUT2D eigenvalue weighted by Gasteiger charge is -2.30. The number of nitrogens with zero attached hydrogens (tertiary/aromatic N) is 1. The number of rotatable bonds is 5. The van der Waals surface area contributed by atoms with Gasteiger partial charge in [0.05, 0.1) is 11.7 Å². The van der Waals surface area contributed by atoms with E-state index in [4.69, 9.17) is 9.47 Å². The highest BCUT2D eigenvalue weighted by Gasteiger charge is 2.31. The van der Waals surface area contributed by atoms with Gasteiger partial charge in [-0.3, -0.25) is 4.79 Å². The van der Waals surface area contributed by atoms with Crippen molar-refractivity contribution in [2.24, 2.45) is 5.92 Å². The maximum atomic E-state index is 12.4. The van der Waals surface area contributed by atoms with Crippen molar-refractivity contribution in [3.05, 3.63) is 23.8 Å². The van der Waals surface area contributed by atoms with Crippen LogP contribution in [0.1, 0.15) is 25.3 Å². The monoisotopic (exact) mass is 354 g/mol. The molecule has 0 radical (unpaired) electrons. The lowest BCUT2D eigenvalue weighted by Crippen LogP contribution is -2.45. The molecule has 1 N–H and O–H groups in total. The van der Waals surface area contributed by atoms with Crippen LogP contribution >= 0.6 is 0 Å². The molecule has 0 spiro atoms. The highest BCUT2D eigenvalue weighted by atomic mass is 32.2. The zero-order valence-corrected chi connectivity index (χ0v) is 14.5. The molecule has 0 unspecified atom stereocenters. The number of nitrogens with one attached hydrogen (secondary N) is 1. The summed E-state index contributed by atoms with van der Waals surface area (Å²) in [5, 5.41) is 2.89. The molecule has 0 bridgehead atoms. The van der Waals surface area contributed by atoms with E-state index in [-0.39, 0.29) is 30.9 Å². The third-order valence-corrected chi connectivity index (χ3v) is 6.26. The molecule has 2 aliphatic rings. The van der Waals surface area contributed by atoms with Crippen LogP contribution in [-0.2, 0) is 21.4 Å². The third kappa shape index (κ3) is 3.64. The Balaban J connectivity index is 1.57. The number of ether oxygens (including phenoxy) is 2. The quantitative estimate of drug-likeness (QED) is 0.856. The van der Waals surface area contributed by atoms with Crippen molar-refractivity contribution in [1.29, 1.82) is 0 Å². The minimum Gasteiger partial charge on any atom is -0.454 e. The zero-order chi connectivity index (χ0) is 17.2.